The number of nitrogens with one attached hydrogen (secondary N) is 1. The Hall–Kier alpha value is -2.73. The van der Waals surface area contributed by atoms with Crippen LogP contribution >= 0.6 is 11.8 Å². The Morgan fingerprint density at radius 1 is 1.23 bits per heavy atom. The molecule has 0 bridgehead atoms. The fraction of sp³-hybridized carbons (Fsp3) is 0.150. The summed E-state index contributed by atoms with van der Waals surface area (Å²) in [5, 5.41) is 4.38. The molecule has 1 N–H and O–H groups in total. The van der Waals surface area contributed by atoms with E-state index in [4.69, 9.17) is 0 Å². The average Bonchev–Trinajstić information content (AvgIpc) is 2.65. The molecule has 0 saturated carbocycles. The first-order valence-corrected chi connectivity index (χ1v) is 9.10. The number of thioether (sulfide) groups is 1. The molecule has 2 aromatic carbocycles. The maximum atomic E-state index is 13.2. The van der Waals surface area contributed by atoms with E-state index in [1.54, 1.807) is 18.2 Å². The third-order valence-electron chi connectivity index (χ3n) is 3.70. The second-order valence-electron chi connectivity index (χ2n) is 5.76. The Kier molecular flexibility index (Phi) is 5.63. The van der Waals surface area contributed by atoms with Crippen molar-refractivity contribution in [2.24, 2.45) is 0 Å². The molecule has 3 rings (SSSR count). The lowest BCUT2D eigenvalue weighted by Crippen LogP contribution is -2.24. The molecule has 0 unspecified atom stereocenters. The summed E-state index contributed by atoms with van der Waals surface area (Å²) in [4.78, 5) is 21.1. The molecule has 0 aliphatic carbocycles. The van der Waals surface area contributed by atoms with E-state index < -0.39 is 0 Å². The molecule has 26 heavy (non-hydrogen) atoms. The lowest BCUT2D eigenvalue weighted by atomic mass is 10.1. The molecule has 3 aromatic rings. The average molecular weight is 367 g/mol. The zero-order valence-electron chi connectivity index (χ0n) is 14.3. The van der Waals surface area contributed by atoms with Crippen molar-refractivity contribution in [3.8, 4) is 11.4 Å². The zero-order chi connectivity index (χ0) is 18.5. The Balaban J connectivity index is 1.98. The highest BCUT2D eigenvalue weighted by Crippen LogP contribution is 2.29. The summed E-state index contributed by atoms with van der Waals surface area (Å²) in [6.45, 7) is 6.02. The molecule has 0 fully saturated rings. The molecular weight excluding hydrogens is 349 g/mol. The molecule has 0 spiro atoms. The van der Waals surface area contributed by atoms with Gasteiger partial charge in [0.2, 0.25) is 5.91 Å². The maximum absolute atomic E-state index is 13.2. The minimum absolute atomic E-state index is 0.0855. The third kappa shape index (κ3) is 4.26. The number of aryl methyl sites for hydroxylation is 1. The van der Waals surface area contributed by atoms with Crippen LogP contribution in [-0.4, -0.2) is 28.2 Å². The largest absolute Gasteiger partial charge is 0.352 e. The van der Waals surface area contributed by atoms with Crippen LogP contribution in [0, 0.1) is 12.7 Å². The molecule has 1 heterocycles. The Morgan fingerprint density at radius 3 is 2.73 bits per heavy atom. The molecule has 1 aromatic heterocycles. The summed E-state index contributed by atoms with van der Waals surface area (Å²) in [6, 6.07) is 12.0. The molecule has 0 saturated heterocycles. The van der Waals surface area contributed by atoms with Crippen LogP contribution in [0.5, 0.6) is 0 Å². The minimum atomic E-state index is -0.307. The number of rotatable bonds is 6. The van der Waals surface area contributed by atoms with E-state index in [0.717, 1.165) is 27.1 Å². The van der Waals surface area contributed by atoms with Crippen LogP contribution in [0.4, 0.5) is 4.39 Å². The summed E-state index contributed by atoms with van der Waals surface area (Å²) >= 11 is 1.36. The molecule has 4 nitrogen and oxygen atoms in total. The fourth-order valence-corrected chi connectivity index (χ4v) is 3.26. The van der Waals surface area contributed by atoms with E-state index in [1.165, 1.54) is 23.9 Å². The summed E-state index contributed by atoms with van der Waals surface area (Å²) in [6.07, 6.45) is 1.64. The first-order valence-electron chi connectivity index (χ1n) is 8.11. The molecule has 132 valence electrons. The zero-order valence-corrected chi connectivity index (χ0v) is 15.1. The van der Waals surface area contributed by atoms with Crippen molar-refractivity contribution in [1.82, 2.24) is 15.3 Å². The van der Waals surface area contributed by atoms with Crippen LogP contribution in [0.15, 0.2) is 60.1 Å². The van der Waals surface area contributed by atoms with Crippen molar-refractivity contribution in [2.45, 2.75) is 11.9 Å². The Morgan fingerprint density at radius 2 is 2.00 bits per heavy atom. The standard InChI is InChI=1S/C20H18FN3OS/c1-3-10-22-18(25)12-26-20-16-11-13(2)4-9-17(16)23-19(24-20)14-5-7-15(21)8-6-14/h3-9,11H,1,10,12H2,2H3,(H,22,25). The van der Waals surface area contributed by atoms with Gasteiger partial charge in [-0.2, -0.15) is 0 Å². The van der Waals surface area contributed by atoms with Crippen LogP contribution in [-0.2, 0) is 4.79 Å². The number of fused-ring (bicyclic) bond motifs is 1. The molecule has 0 aliphatic rings. The van der Waals surface area contributed by atoms with Crippen molar-refractivity contribution >= 4 is 28.6 Å². The molecule has 0 aliphatic heterocycles. The minimum Gasteiger partial charge on any atom is -0.352 e. The highest BCUT2D eigenvalue weighted by atomic mass is 32.2. The fourth-order valence-electron chi connectivity index (χ4n) is 2.42. The van der Waals surface area contributed by atoms with Crippen molar-refractivity contribution in [3.63, 3.8) is 0 Å². The molecular formula is C20H18FN3OS. The van der Waals surface area contributed by atoms with Gasteiger partial charge in [-0.25, -0.2) is 14.4 Å². The van der Waals surface area contributed by atoms with Crippen molar-refractivity contribution in [2.75, 3.05) is 12.3 Å². The number of halogens is 1. The highest BCUT2D eigenvalue weighted by Gasteiger charge is 2.12. The molecule has 0 radical (unpaired) electrons. The van der Waals surface area contributed by atoms with E-state index in [2.05, 4.69) is 21.9 Å². The Bertz CT molecular complexity index is 957. The van der Waals surface area contributed by atoms with Crippen molar-refractivity contribution in [1.29, 1.82) is 0 Å². The number of hydrogen-bond donors (Lipinski definition) is 1. The van der Waals surface area contributed by atoms with Crippen LogP contribution in [0.3, 0.4) is 0 Å². The van der Waals surface area contributed by atoms with Gasteiger partial charge in [-0.1, -0.05) is 29.5 Å². The van der Waals surface area contributed by atoms with E-state index in [9.17, 15) is 9.18 Å². The van der Waals surface area contributed by atoms with Gasteiger partial charge in [-0.15, -0.1) is 6.58 Å². The predicted octanol–water partition coefficient (Wildman–Crippen LogP) is 4.14. The second kappa shape index (κ2) is 8.10. The van der Waals surface area contributed by atoms with Gasteiger partial charge < -0.3 is 5.32 Å². The lowest BCUT2D eigenvalue weighted by Gasteiger charge is -2.09. The number of aromatic nitrogens is 2. The lowest BCUT2D eigenvalue weighted by molar-refractivity contribution is -0.118. The number of carbonyl (C=O) groups excluding carboxylic acids is 1. The first kappa shape index (κ1) is 18.1. The van der Waals surface area contributed by atoms with Crippen LogP contribution in [0.1, 0.15) is 5.56 Å². The van der Waals surface area contributed by atoms with E-state index >= 15 is 0 Å². The van der Waals surface area contributed by atoms with Gasteiger partial charge in [0.05, 0.1) is 11.3 Å². The smallest absolute Gasteiger partial charge is 0.230 e. The molecule has 0 atom stereocenters. The first-order chi connectivity index (χ1) is 12.6. The van der Waals surface area contributed by atoms with Crippen LogP contribution in [0.2, 0.25) is 0 Å². The SMILES string of the molecule is C=CCNC(=O)CSc1nc(-c2ccc(F)cc2)nc2ccc(C)cc12. The monoisotopic (exact) mass is 367 g/mol. The summed E-state index contributed by atoms with van der Waals surface area (Å²) in [5.74, 6) is 0.364. The van der Waals surface area contributed by atoms with Gasteiger partial charge in [0.25, 0.3) is 0 Å². The van der Waals surface area contributed by atoms with Crippen molar-refractivity contribution in [3.05, 3.63) is 66.5 Å². The summed E-state index contributed by atoms with van der Waals surface area (Å²) < 4.78 is 13.2. The topological polar surface area (TPSA) is 54.9 Å². The van der Waals surface area contributed by atoms with Gasteiger partial charge in [0.1, 0.15) is 10.8 Å². The predicted molar refractivity (Wildman–Crippen MR) is 104 cm³/mol. The second-order valence-corrected chi connectivity index (χ2v) is 6.73. The van der Waals surface area contributed by atoms with Gasteiger partial charge in [-0.3, -0.25) is 4.79 Å². The van der Waals surface area contributed by atoms with Gasteiger partial charge >= 0.3 is 0 Å². The molecule has 1 amide bonds. The number of nitrogens with zero attached hydrogens (tertiary/aromatic N) is 2. The van der Waals surface area contributed by atoms with Gasteiger partial charge in [0.15, 0.2) is 5.82 Å². The van der Waals surface area contributed by atoms with E-state index in [-0.39, 0.29) is 17.5 Å². The number of carbonyl (C=O) groups is 1. The van der Waals surface area contributed by atoms with E-state index in [0.29, 0.717) is 12.4 Å². The number of amides is 1. The summed E-state index contributed by atoms with van der Waals surface area (Å²) in [5.41, 5.74) is 2.61. The van der Waals surface area contributed by atoms with Gasteiger partial charge in [-0.05, 0) is 43.3 Å². The Labute approximate surface area is 155 Å². The van der Waals surface area contributed by atoms with E-state index in [1.807, 2.05) is 25.1 Å². The normalized spacial score (nSPS) is 10.7. The summed E-state index contributed by atoms with van der Waals surface area (Å²) in [7, 11) is 0. The maximum Gasteiger partial charge on any atom is 0.230 e. The van der Waals surface area contributed by atoms with Gasteiger partial charge in [0, 0.05) is 17.5 Å². The number of hydrogen-bond acceptors (Lipinski definition) is 4. The van der Waals surface area contributed by atoms with Crippen molar-refractivity contribution < 1.29 is 9.18 Å². The molecule has 6 heteroatoms. The highest BCUT2D eigenvalue weighted by molar-refractivity contribution is 8.00. The quantitative estimate of drug-likeness (QED) is 0.404. The van der Waals surface area contributed by atoms with Crippen LogP contribution < -0.4 is 5.32 Å². The van der Waals surface area contributed by atoms with Crippen LogP contribution in [0.25, 0.3) is 22.3 Å². The number of benzene rings is 2. The third-order valence-corrected chi connectivity index (χ3v) is 4.69.